The minimum absolute atomic E-state index is 0.0847. The van der Waals surface area contributed by atoms with Gasteiger partial charge in [-0.15, -0.1) is 0 Å². The molecule has 0 aromatic carbocycles. The number of hydrogen-bond acceptors (Lipinski definition) is 8. The van der Waals surface area contributed by atoms with Crippen LogP contribution in [-0.4, -0.2) is 45.3 Å². The second-order valence-electron chi connectivity index (χ2n) is 10.1. The highest BCUT2D eigenvalue weighted by molar-refractivity contribution is 6.32. The Balaban J connectivity index is 2.33. The topological polar surface area (TPSA) is 136 Å². The molecule has 35 heavy (non-hydrogen) atoms. The largest absolute Gasteiger partial charge is 0.456 e. The van der Waals surface area contributed by atoms with Gasteiger partial charge < -0.3 is 25.1 Å². The van der Waals surface area contributed by atoms with E-state index in [4.69, 9.17) is 26.5 Å². The van der Waals surface area contributed by atoms with Gasteiger partial charge in [-0.3, -0.25) is 9.59 Å². The van der Waals surface area contributed by atoms with Crippen LogP contribution >= 0.6 is 11.6 Å². The van der Waals surface area contributed by atoms with Crippen molar-refractivity contribution in [2.75, 3.05) is 0 Å². The number of aliphatic hydroxyl groups excluding tert-OH is 2. The summed E-state index contributed by atoms with van der Waals surface area (Å²) >= 11 is 6.53. The first kappa shape index (κ1) is 29.2. The molecule has 1 aromatic rings. The molecule has 1 aromatic heterocycles. The van der Waals surface area contributed by atoms with Gasteiger partial charge in [-0.1, -0.05) is 50.9 Å². The van der Waals surface area contributed by atoms with Crippen LogP contribution in [0.5, 0.6) is 0 Å². The van der Waals surface area contributed by atoms with Crippen LogP contribution in [0, 0.1) is 17.3 Å². The molecule has 0 saturated carbocycles. The smallest absolute Gasteiger partial charge is 0.309 e. The predicted molar refractivity (Wildman–Crippen MR) is 134 cm³/mol. The standard InChI is InChI=1S/C26H39ClN2O6/c1-15-7-6-8-16(2)24(32)17(3)25(33)26(4,5)21(30)12-23(31)35-20(10-9-15)19(27)11-18-14-34-22(13-28)29-18/h9,11,14,16-17,20-21,24,30,32H,6-8,10,12-13,28H2,1-5H3/b15-9-,19-11?. The number of halogens is 1. The van der Waals surface area contributed by atoms with Crippen molar-refractivity contribution in [1.29, 1.82) is 0 Å². The summed E-state index contributed by atoms with van der Waals surface area (Å²) in [7, 11) is 0. The number of carbonyl (C=O) groups is 2. The van der Waals surface area contributed by atoms with E-state index in [0.29, 0.717) is 18.0 Å². The highest BCUT2D eigenvalue weighted by atomic mass is 35.5. The number of nitrogens with two attached hydrogens (primary N) is 1. The van der Waals surface area contributed by atoms with Gasteiger partial charge in [-0.05, 0) is 38.2 Å². The fourth-order valence-corrected chi connectivity index (χ4v) is 4.48. The number of aliphatic hydroxyl groups is 2. The number of carbonyl (C=O) groups excluding carboxylic acids is 2. The lowest BCUT2D eigenvalue weighted by Crippen LogP contribution is -2.45. The molecule has 1 aliphatic heterocycles. The number of hydrogen-bond donors (Lipinski definition) is 3. The first-order valence-electron chi connectivity index (χ1n) is 12.1. The number of esters is 1. The van der Waals surface area contributed by atoms with Crippen LogP contribution in [0.3, 0.4) is 0 Å². The first-order valence-corrected chi connectivity index (χ1v) is 12.5. The van der Waals surface area contributed by atoms with E-state index in [1.54, 1.807) is 26.8 Å². The molecular weight excluding hydrogens is 472 g/mol. The molecule has 0 aliphatic carbocycles. The average molecular weight is 511 g/mol. The van der Waals surface area contributed by atoms with Crippen LogP contribution in [-0.2, 0) is 20.9 Å². The molecule has 2 rings (SSSR count). The summed E-state index contributed by atoms with van der Waals surface area (Å²) in [6, 6.07) is 0. The second kappa shape index (κ2) is 12.8. The van der Waals surface area contributed by atoms with E-state index in [2.05, 4.69) is 4.98 Å². The zero-order chi connectivity index (χ0) is 26.3. The molecule has 1 aliphatic rings. The highest BCUT2D eigenvalue weighted by Crippen LogP contribution is 2.32. The van der Waals surface area contributed by atoms with E-state index in [1.165, 1.54) is 6.26 Å². The Bertz CT molecular complexity index is 938. The van der Waals surface area contributed by atoms with Gasteiger partial charge in [0.05, 0.1) is 35.6 Å². The van der Waals surface area contributed by atoms with Crippen molar-refractivity contribution in [1.82, 2.24) is 4.98 Å². The molecule has 8 nitrogen and oxygen atoms in total. The minimum Gasteiger partial charge on any atom is -0.456 e. The van der Waals surface area contributed by atoms with Gasteiger partial charge in [0.2, 0.25) is 5.89 Å². The van der Waals surface area contributed by atoms with Gasteiger partial charge in [-0.2, -0.15) is 0 Å². The normalized spacial score (nSPS) is 31.5. The molecule has 9 heteroatoms. The van der Waals surface area contributed by atoms with Crippen LogP contribution in [0.25, 0.3) is 6.08 Å². The maximum atomic E-state index is 13.2. The van der Waals surface area contributed by atoms with Gasteiger partial charge in [0.15, 0.2) is 0 Å². The number of ketones is 1. The molecule has 5 atom stereocenters. The van der Waals surface area contributed by atoms with Crippen molar-refractivity contribution in [2.24, 2.45) is 23.0 Å². The zero-order valence-corrected chi connectivity index (χ0v) is 22.0. The Labute approximate surface area is 212 Å². The number of cyclic esters (lactones) is 1. The summed E-state index contributed by atoms with van der Waals surface area (Å²) in [6.45, 7) is 8.90. The van der Waals surface area contributed by atoms with E-state index in [0.717, 1.165) is 24.8 Å². The summed E-state index contributed by atoms with van der Waals surface area (Å²) in [5.41, 5.74) is 5.83. The molecule has 5 unspecified atom stereocenters. The lowest BCUT2D eigenvalue weighted by molar-refractivity contribution is -0.153. The van der Waals surface area contributed by atoms with Gasteiger partial charge in [-0.25, -0.2) is 4.98 Å². The van der Waals surface area contributed by atoms with Crippen molar-refractivity contribution in [3.05, 3.63) is 34.5 Å². The number of allylic oxidation sites excluding steroid dienone is 1. The van der Waals surface area contributed by atoms with Gasteiger partial charge in [0.25, 0.3) is 0 Å². The Morgan fingerprint density at radius 1 is 1.31 bits per heavy atom. The molecule has 0 amide bonds. The number of oxazole rings is 1. The maximum absolute atomic E-state index is 13.2. The Morgan fingerprint density at radius 3 is 2.63 bits per heavy atom. The van der Waals surface area contributed by atoms with Gasteiger partial charge in [0, 0.05) is 12.3 Å². The van der Waals surface area contributed by atoms with E-state index in [-0.39, 0.29) is 29.7 Å². The van der Waals surface area contributed by atoms with Crippen molar-refractivity contribution >= 4 is 29.4 Å². The summed E-state index contributed by atoms with van der Waals surface area (Å²) in [4.78, 5) is 30.1. The van der Waals surface area contributed by atoms with Crippen LogP contribution in [0.15, 0.2) is 27.4 Å². The number of ether oxygens (including phenoxy) is 1. The molecule has 4 N–H and O–H groups in total. The van der Waals surface area contributed by atoms with Gasteiger partial charge in [0.1, 0.15) is 23.8 Å². The number of Topliss-reactive ketones (excluding diaryl/α,β-unsaturated/α-hetero) is 1. The third-order valence-electron chi connectivity index (χ3n) is 6.86. The molecule has 0 radical (unpaired) electrons. The molecule has 0 spiro atoms. The van der Waals surface area contributed by atoms with Crippen LogP contribution in [0.1, 0.15) is 78.3 Å². The fourth-order valence-electron chi connectivity index (χ4n) is 4.24. The third kappa shape index (κ3) is 8.00. The van der Waals surface area contributed by atoms with Crippen molar-refractivity contribution in [2.45, 2.75) is 91.6 Å². The lowest BCUT2D eigenvalue weighted by Gasteiger charge is -2.34. The van der Waals surface area contributed by atoms with Crippen molar-refractivity contribution in [3.63, 3.8) is 0 Å². The lowest BCUT2D eigenvalue weighted by atomic mass is 9.73. The third-order valence-corrected chi connectivity index (χ3v) is 7.21. The summed E-state index contributed by atoms with van der Waals surface area (Å²) in [6.07, 6.45) is 4.36. The highest BCUT2D eigenvalue weighted by Gasteiger charge is 2.42. The van der Waals surface area contributed by atoms with Crippen molar-refractivity contribution < 1.29 is 29.0 Å². The van der Waals surface area contributed by atoms with E-state index < -0.39 is 35.6 Å². The van der Waals surface area contributed by atoms with E-state index >= 15 is 0 Å². The predicted octanol–water partition coefficient (Wildman–Crippen LogP) is 4.12. The molecule has 0 fully saturated rings. The quantitative estimate of drug-likeness (QED) is 0.408. The van der Waals surface area contributed by atoms with Gasteiger partial charge >= 0.3 is 5.97 Å². The maximum Gasteiger partial charge on any atom is 0.309 e. The molecule has 2 heterocycles. The summed E-state index contributed by atoms with van der Waals surface area (Å²) in [5.74, 6) is -1.39. The zero-order valence-electron chi connectivity index (χ0n) is 21.3. The van der Waals surface area contributed by atoms with Crippen molar-refractivity contribution in [3.8, 4) is 0 Å². The number of rotatable bonds is 3. The summed E-state index contributed by atoms with van der Waals surface area (Å²) < 4.78 is 10.9. The number of nitrogens with zero attached hydrogens (tertiary/aromatic N) is 1. The SMILES string of the molecule is C/C1=C/CC(C(Cl)=Cc2coc(CN)n2)OC(=O)CC(O)C(C)(C)C(=O)C(C)C(O)C(C)CCC1. The molecule has 0 saturated heterocycles. The molecule has 0 bridgehead atoms. The Kier molecular flexibility index (Phi) is 10.7. The van der Waals surface area contributed by atoms with E-state index in [9.17, 15) is 19.8 Å². The van der Waals surface area contributed by atoms with Crippen LogP contribution in [0.4, 0.5) is 0 Å². The minimum atomic E-state index is -1.29. The Hall–Kier alpha value is -2.00. The fraction of sp³-hybridized carbons (Fsp3) is 0.654. The molecule has 196 valence electrons. The first-order chi connectivity index (χ1) is 16.4. The average Bonchev–Trinajstić information content (AvgIpc) is 3.26. The summed E-state index contributed by atoms with van der Waals surface area (Å²) in [5, 5.41) is 21.8. The second-order valence-corrected chi connectivity index (χ2v) is 10.6. The van der Waals surface area contributed by atoms with Crippen LogP contribution < -0.4 is 5.73 Å². The van der Waals surface area contributed by atoms with E-state index in [1.807, 2.05) is 19.9 Å². The monoisotopic (exact) mass is 510 g/mol. The van der Waals surface area contributed by atoms with Crippen LogP contribution in [0.2, 0.25) is 0 Å². The number of aromatic nitrogens is 1. The Morgan fingerprint density at radius 2 is 2.00 bits per heavy atom. The molecular formula is C26H39ClN2O6.